The lowest BCUT2D eigenvalue weighted by Gasteiger charge is -2.31. The van der Waals surface area contributed by atoms with Crippen LogP contribution >= 0.6 is 30.3 Å². The number of fused-ring (bicyclic) bond motifs is 2. The van der Waals surface area contributed by atoms with Crippen LogP contribution in [-0.2, 0) is 24.2 Å². The van der Waals surface area contributed by atoms with Crippen molar-refractivity contribution in [2.45, 2.75) is 64.8 Å². The highest BCUT2D eigenvalue weighted by molar-refractivity contribution is 14.2. The van der Waals surface area contributed by atoms with Gasteiger partial charge >= 0.3 is 6.09 Å². The fourth-order valence-electron chi connectivity index (χ4n) is 5.96. The van der Waals surface area contributed by atoms with Crippen LogP contribution in [0, 0.1) is 0 Å². The van der Waals surface area contributed by atoms with Gasteiger partial charge in [-0.3, -0.25) is 8.87 Å². The third-order valence-corrected chi connectivity index (χ3v) is 9.74. The second-order valence-electron chi connectivity index (χ2n) is 12.4. The zero-order chi connectivity index (χ0) is 29.4. The molecule has 0 radical (unpaired) electrons. The number of β-amino-alcohol motifs (C(OH)–C–C–N with tert-alkyl or cyclic N) is 1. The van der Waals surface area contributed by atoms with Gasteiger partial charge < -0.3 is 14.7 Å². The van der Waals surface area contributed by atoms with Crippen molar-refractivity contribution in [3.63, 3.8) is 0 Å². The second-order valence-corrected chi connectivity index (χ2v) is 14.1. The summed E-state index contributed by atoms with van der Waals surface area (Å²) in [5.41, 5.74) is 8.69. The number of piperidine rings is 1. The molecule has 2 aromatic carbocycles. The van der Waals surface area contributed by atoms with Gasteiger partial charge in [0.15, 0.2) is 5.65 Å². The number of pyridine rings is 1. The number of amides is 1. The molecule has 0 saturated carbocycles. The zero-order valence-corrected chi connectivity index (χ0v) is 27.3. The number of halogens is 1. The summed E-state index contributed by atoms with van der Waals surface area (Å²) in [6, 6.07) is 17.6. The van der Waals surface area contributed by atoms with Crippen molar-refractivity contribution in [3.8, 4) is 22.3 Å². The highest BCUT2D eigenvalue weighted by Gasteiger charge is 2.26. The molecule has 42 heavy (non-hydrogen) atoms. The number of aliphatic hydroxyl groups is 1. The van der Waals surface area contributed by atoms with E-state index in [1.165, 1.54) is 16.7 Å². The lowest BCUT2D eigenvalue weighted by atomic mass is 9.94. The minimum Gasteiger partial charge on any atom is -0.444 e. The first-order valence-corrected chi connectivity index (χ1v) is 17.9. The Labute approximate surface area is 264 Å². The number of carbonyl (C=O) groups excluding carboxylic acids is 1. The average Bonchev–Trinajstić information content (AvgIpc) is 3.34. The quantitative estimate of drug-likeness (QED) is 0.219. The summed E-state index contributed by atoms with van der Waals surface area (Å²) in [6.07, 6.45) is 6.43. The number of nitrogens with zero attached hydrogens (tertiary/aromatic N) is 4. The molecule has 1 N–H and O–H groups in total. The molecule has 1 atom stereocenters. The molecule has 220 valence electrons. The Hall–Kier alpha value is -2.60. The number of benzene rings is 2. The standard InChI is InChI=1S/C33H37IN4O3S/c1-33(2,3)41-32(40)37-14-12-24-15-25(10-11-26(24)19-37)30-21-38(42-34)31-29(30)16-27(17-35-31)23-8-6-22(7-9-23)18-36-13-4-5-28(39)20-36/h6-11,15-17,21,28,39H,4-5,12-14,18-20H2,1-3H3. The summed E-state index contributed by atoms with van der Waals surface area (Å²) in [4.78, 5) is 21.7. The number of hydrogen-bond acceptors (Lipinski definition) is 6. The first-order chi connectivity index (χ1) is 20.2. The number of aliphatic hydroxyl groups excluding tert-OH is 1. The van der Waals surface area contributed by atoms with Crippen LogP contribution in [0.5, 0.6) is 0 Å². The summed E-state index contributed by atoms with van der Waals surface area (Å²) < 4.78 is 7.72. The fourth-order valence-corrected chi connectivity index (χ4v) is 7.22. The molecule has 2 aromatic heterocycles. The molecule has 6 rings (SSSR count). The van der Waals surface area contributed by atoms with Crippen molar-refractivity contribution in [1.29, 1.82) is 0 Å². The summed E-state index contributed by atoms with van der Waals surface area (Å²) in [5, 5.41) is 11.1. The van der Waals surface area contributed by atoms with E-state index in [4.69, 9.17) is 9.72 Å². The topological polar surface area (TPSA) is 70.8 Å². The van der Waals surface area contributed by atoms with Gasteiger partial charge in [0.1, 0.15) is 5.60 Å². The molecule has 0 bridgehead atoms. The molecule has 9 heteroatoms. The van der Waals surface area contributed by atoms with Gasteiger partial charge in [-0.25, -0.2) is 9.78 Å². The molecule has 2 aliphatic rings. The first kappa shape index (κ1) is 29.5. The minimum absolute atomic E-state index is 0.208. The highest BCUT2D eigenvalue weighted by atomic mass is 127. The number of ether oxygens (including phenoxy) is 1. The smallest absolute Gasteiger partial charge is 0.410 e. The van der Waals surface area contributed by atoms with Crippen LogP contribution in [0.2, 0.25) is 0 Å². The first-order valence-electron chi connectivity index (χ1n) is 14.6. The van der Waals surface area contributed by atoms with Gasteiger partial charge in [0.2, 0.25) is 0 Å². The van der Waals surface area contributed by atoms with Crippen molar-refractivity contribution in [3.05, 3.63) is 77.6 Å². The van der Waals surface area contributed by atoms with Crippen LogP contribution < -0.4 is 0 Å². The van der Waals surface area contributed by atoms with Gasteiger partial charge in [0.05, 0.1) is 6.10 Å². The van der Waals surface area contributed by atoms with Crippen LogP contribution in [0.4, 0.5) is 4.79 Å². The van der Waals surface area contributed by atoms with E-state index in [9.17, 15) is 9.90 Å². The van der Waals surface area contributed by atoms with E-state index in [0.29, 0.717) is 13.1 Å². The molecule has 4 heterocycles. The predicted octanol–water partition coefficient (Wildman–Crippen LogP) is 7.47. The number of carbonyl (C=O) groups is 1. The van der Waals surface area contributed by atoms with Crippen molar-refractivity contribution < 1.29 is 14.6 Å². The maximum Gasteiger partial charge on any atom is 0.410 e. The van der Waals surface area contributed by atoms with E-state index in [2.05, 4.69) is 84.8 Å². The number of likely N-dealkylation sites (tertiary alicyclic amines) is 1. The minimum atomic E-state index is -0.501. The van der Waals surface area contributed by atoms with Gasteiger partial charge in [0.25, 0.3) is 0 Å². The van der Waals surface area contributed by atoms with Crippen molar-refractivity contribution in [2.24, 2.45) is 0 Å². The van der Waals surface area contributed by atoms with E-state index in [1.807, 2.05) is 27.0 Å². The Bertz CT molecular complexity index is 1600. The lowest BCUT2D eigenvalue weighted by Crippen LogP contribution is -2.39. The Balaban J connectivity index is 1.25. The normalized spacial score (nSPS) is 17.8. The molecule has 4 aromatic rings. The third kappa shape index (κ3) is 6.49. The maximum absolute atomic E-state index is 12.6. The average molecular weight is 697 g/mol. The molecule has 0 aliphatic carbocycles. The van der Waals surface area contributed by atoms with Crippen molar-refractivity contribution in [1.82, 2.24) is 18.8 Å². The molecular formula is C33H37IN4O3S. The highest BCUT2D eigenvalue weighted by Crippen LogP contribution is 2.37. The maximum atomic E-state index is 12.6. The Morgan fingerprint density at radius 1 is 1.07 bits per heavy atom. The molecule has 1 fully saturated rings. The van der Waals surface area contributed by atoms with Gasteiger partial charge in [-0.1, -0.05) is 42.5 Å². The fraction of sp³-hybridized carbons (Fsp3) is 0.394. The van der Waals surface area contributed by atoms with E-state index in [-0.39, 0.29) is 12.2 Å². The van der Waals surface area contributed by atoms with Crippen LogP contribution in [0.15, 0.2) is 60.9 Å². The number of aromatic nitrogens is 2. The number of rotatable bonds is 5. The van der Waals surface area contributed by atoms with E-state index < -0.39 is 5.60 Å². The molecule has 1 amide bonds. The van der Waals surface area contributed by atoms with Crippen LogP contribution in [0.1, 0.15) is 50.3 Å². The van der Waals surface area contributed by atoms with Crippen LogP contribution in [-0.4, -0.2) is 61.3 Å². The molecule has 1 saturated heterocycles. The van der Waals surface area contributed by atoms with Crippen LogP contribution in [0.3, 0.4) is 0 Å². The zero-order valence-electron chi connectivity index (χ0n) is 24.3. The van der Waals surface area contributed by atoms with Gasteiger partial charge in [-0.15, -0.1) is 0 Å². The van der Waals surface area contributed by atoms with Gasteiger partial charge in [-0.05, 0) is 80.5 Å². The Kier molecular flexibility index (Phi) is 8.55. The van der Waals surface area contributed by atoms with Crippen molar-refractivity contribution >= 4 is 47.5 Å². The molecule has 1 unspecified atom stereocenters. The summed E-state index contributed by atoms with van der Waals surface area (Å²) in [6.45, 7) is 9.57. The monoisotopic (exact) mass is 696 g/mol. The van der Waals surface area contributed by atoms with Crippen LogP contribution in [0.25, 0.3) is 33.3 Å². The molecule has 0 spiro atoms. The summed E-state index contributed by atoms with van der Waals surface area (Å²) in [7, 11) is 1.61. The van der Waals surface area contributed by atoms with E-state index in [1.54, 1.807) is 14.0 Å². The van der Waals surface area contributed by atoms with Gasteiger partial charge in [0, 0.05) is 85.4 Å². The second kappa shape index (κ2) is 12.2. The Morgan fingerprint density at radius 3 is 2.60 bits per heavy atom. The number of hydrogen-bond donors (Lipinski definition) is 1. The largest absolute Gasteiger partial charge is 0.444 e. The van der Waals surface area contributed by atoms with E-state index in [0.717, 1.165) is 72.2 Å². The lowest BCUT2D eigenvalue weighted by molar-refractivity contribution is 0.0224. The predicted molar refractivity (Wildman–Crippen MR) is 178 cm³/mol. The summed E-state index contributed by atoms with van der Waals surface area (Å²) in [5.74, 6) is 0. The summed E-state index contributed by atoms with van der Waals surface area (Å²) >= 11 is 2.30. The third-order valence-electron chi connectivity index (χ3n) is 8.04. The van der Waals surface area contributed by atoms with Gasteiger partial charge in [-0.2, -0.15) is 0 Å². The molecule has 2 aliphatic heterocycles. The van der Waals surface area contributed by atoms with Crippen molar-refractivity contribution in [2.75, 3.05) is 19.6 Å². The van der Waals surface area contributed by atoms with E-state index >= 15 is 0 Å². The Morgan fingerprint density at radius 2 is 1.86 bits per heavy atom. The molecule has 7 nitrogen and oxygen atoms in total. The molecular weight excluding hydrogens is 659 g/mol. The SMILES string of the molecule is CC(C)(C)OC(=O)N1CCc2cc(-c3cn(SI)c4ncc(-c5ccc(CN6CCCC(O)C6)cc5)cc34)ccc2C1.